The lowest BCUT2D eigenvalue weighted by atomic mass is 9.77. The highest BCUT2D eigenvalue weighted by Crippen LogP contribution is 2.42. The van der Waals surface area contributed by atoms with Gasteiger partial charge in [-0.3, -0.25) is 0 Å². The van der Waals surface area contributed by atoms with Gasteiger partial charge in [-0.15, -0.1) is 0 Å². The van der Waals surface area contributed by atoms with Crippen molar-refractivity contribution in [2.45, 2.75) is 63.7 Å². The van der Waals surface area contributed by atoms with Crippen molar-refractivity contribution in [2.24, 2.45) is 0 Å². The second-order valence-corrected chi connectivity index (χ2v) is 7.17. The Kier molecular flexibility index (Phi) is 4.59. The van der Waals surface area contributed by atoms with Gasteiger partial charge in [0.05, 0.1) is 12.7 Å². The fourth-order valence-corrected chi connectivity index (χ4v) is 3.01. The quantitative estimate of drug-likeness (QED) is 0.713. The molecule has 0 unspecified atom stereocenters. The highest BCUT2D eigenvalue weighted by Gasteiger charge is 2.36. The molecular formula is C18H24F2O2. The molecule has 0 heterocycles. The van der Waals surface area contributed by atoms with Gasteiger partial charge in [0.1, 0.15) is 0 Å². The molecule has 2 rings (SSSR count). The first kappa shape index (κ1) is 16.9. The predicted molar refractivity (Wildman–Crippen MR) is 82.6 cm³/mol. The van der Waals surface area contributed by atoms with Crippen molar-refractivity contribution in [3.63, 3.8) is 0 Å². The summed E-state index contributed by atoms with van der Waals surface area (Å²) in [4.78, 5) is 12.0. The predicted octanol–water partition coefficient (Wildman–Crippen LogP) is 5.06. The van der Waals surface area contributed by atoms with Crippen LogP contribution in [0.3, 0.4) is 0 Å². The number of benzene rings is 1. The van der Waals surface area contributed by atoms with E-state index in [1.165, 1.54) is 7.11 Å². The van der Waals surface area contributed by atoms with E-state index in [1.807, 2.05) is 12.1 Å². The highest BCUT2D eigenvalue weighted by atomic mass is 19.3. The molecule has 1 fully saturated rings. The lowest BCUT2D eigenvalue weighted by Crippen LogP contribution is -2.25. The molecule has 0 bridgehead atoms. The molecule has 0 saturated heterocycles. The first-order valence-corrected chi connectivity index (χ1v) is 7.74. The van der Waals surface area contributed by atoms with Crippen LogP contribution in [0, 0.1) is 0 Å². The number of alkyl halides is 2. The Hall–Kier alpha value is -1.45. The lowest BCUT2D eigenvalue weighted by molar-refractivity contribution is -0.0382. The Bertz CT molecular complexity index is 549. The van der Waals surface area contributed by atoms with Crippen LogP contribution < -0.4 is 0 Å². The zero-order valence-electron chi connectivity index (χ0n) is 13.7. The molecule has 1 aromatic carbocycles. The molecule has 1 saturated carbocycles. The van der Waals surface area contributed by atoms with E-state index in [-0.39, 0.29) is 24.2 Å². The van der Waals surface area contributed by atoms with E-state index in [0.717, 1.165) is 11.1 Å². The molecule has 0 aliphatic heterocycles. The maximum atomic E-state index is 13.4. The Morgan fingerprint density at radius 3 is 2.32 bits per heavy atom. The van der Waals surface area contributed by atoms with Gasteiger partial charge in [-0.05, 0) is 41.4 Å². The number of halogens is 2. The summed E-state index contributed by atoms with van der Waals surface area (Å²) >= 11 is 0. The molecule has 1 aliphatic carbocycles. The van der Waals surface area contributed by atoms with E-state index in [9.17, 15) is 13.6 Å². The number of carbonyl (C=O) groups excluding carboxylic acids is 1. The first-order chi connectivity index (χ1) is 10.1. The summed E-state index contributed by atoms with van der Waals surface area (Å²) < 4.78 is 31.6. The van der Waals surface area contributed by atoms with Crippen LogP contribution in [0.15, 0.2) is 18.2 Å². The van der Waals surface area contributed by atoms with Crippen LogP contribution in [0.5, 0.6) is 0 Å². The van der Waals surface area contributed by atoms with E-state index in [0.29, 0.717) is 18.4 Å². The standard InChI is InChI=1S/C18H24F2O2/c1-17(2,3)13-5-6-14(16(21)22-4)15(11-13)12-7-9-18(19,20)10-8-12/h5-6,11-12H,7-10H2,1-4H3. The Morgan fingerprint density at radius 1 is 1.23 bits per heavy atom. The van der Waals surface area contributed by atoms with Gasteiger partial charge in [-0.2, -0.15) is 0 Å². The molecule has 2 nitrogen and oxygen atoms in total. The van der Waals surface area contributed by atoms with Crippen molar-refractivity contribution in [2.75, 3.05) is 7.11 Å². The van der Waals surface area contributed by atoms with Crippen LogP contribution in [0.25, 0.3) is 0 Å². The number of carbonyl (C=O) groups is 1. The van der Waals surface area contributed by atoms with Gasteiger partial charge in [-0.25, -0.2) is 13.6 Å². The molecule has 0 amide bonds. The second-order valence-electron chi connectivity index (χ2n) is 7.17. The van der Waals surface area contributed by atoms with Crippen LogP contribution in [-0.2, 0) is 10.2 Å². The Balaban J connectivity index is 2.40. The summed E-state index contributed by atoms with van der Waals surface area (Å²) in [6.07, 6.45) is 0.589. The second kappa shape index (κ2) is 5.98. The third kappa shape index (κ3) is 3.65. The number of methoxy groups -OCH3 is 1. The summed E-state index contributed by atoms with van der Waals surface area (Å²) in [6, 6.07) is 5.70. The third-order valence-electron chi connectivity index (χ3n) is 4.48. The van der Waals surface area contributed by atoms with Crippen molar-refractivity contribution in [3.05, 3.63) is 34.9 Å². The van der Waals surface area contributed by atoms with Crippen LogP contribution in [0.1, 0.15) is 73.9 Å². The van der Waals surface area contributed by atoms with E-state index < -0.39 is 11.9 Å². The molecule has 4 heteroatoms. The van der Waals surface area contributed by atoms with Gasteiger partial charge < -0.3 is 4.74 Å². The van der Waals surface area contributed by atoms with Gasteiger partial charge in [-0.1, -0.05) is 32.9 Å². The largest absolute Gasteiger partial charge is 0.465 e. The molecule has 1 aromatic rings. The molecule has 22 heavy (non-hydrogen) atoms. The van der Waals surface area contributed by atoms with Crippen molar-refractivity contribution < 1.29 is 18.3 Å². The minimum absolute atomic E-state index is 0.00368. The monoisotopic (exact) mass is 310 g/mol. The summed E-state index contributed by atoms with van der Waals surface area (Å²) in [5.74, 6) is -2.97. The molecule has 0 aromatic heterocycles. The summed E-state index contributed by atoms with van der Waals surface area (Å²) in [5.41, 5.74) is 2.41. The Labute approximate surface area is 130 Å². The number of esters is 1. The van der Waals surface area contributed by atoms with Gasteiger partial charge in [0.2, 0.25) is 5.92 Å². The van der Waals surface area contributed by atoms with Crippen molar-refractivity contribution in [3.8, 4) is 0 Å². The maximum absolute atomic E-state index is 13.4. The molecule has 0 atom stereocenters. The van der Waals surface area contributed by atoms with E-state index >= 15 is 0 Å². The SMILES string of the molecule is COC(=O)c1ccc(C(C)(C)C)cc1C1CCC(F)(F)CC1. The number of ether oxygens (including phenoxy) is 1. The topological polar surface area (TPSA) is 26.3 Å². The van der Waals surface area contributed by atoms with Crippen LogP contribution in [0.2, 0.25) is 0 Å². The number of rotatable bonds is 2. The summed E-state index contributed by atoms with van der Waals surface area (Å²) in [6.45, 7) is 6.29. The lowest BCUT2D eigenvalue weighted by Gasteiger charge is -2.30. The molecule has 0 radical (unpaired) electrons. The smallest absolute Gasteiger partial charge is 0.338 e. The third-order valence-corrected chi connectivity index (χ3v) is 4.48. The average molecular weight is 310 g/mol. The highest BCUT2D eigenvalue weighted by molar-refractivity contribution is 5.91. The number of hydrogen-bond acceptors (Lipinski definition) is 2. The zero-order valence-corrected chi connectivity index (χ0v) is 13.7. The Morgan fingerprint density at radius 2 is 1.82 bits per heavy atom. The molecule has 122 valence electrons. The summed E-state index contributed by atoms with van der Waals surface area (Å²) in [7, 11) is 1.35. The summed E-state index contributed by atoms with van der Waals surface area (Å²) in [5, 5.41) is 0. The number of hydrogen-bond donors (Lipinski definition) is 0. The molecular weight excluding hydrogens is 286 g/mol. The van der Waals surface area contributed by atoms with Gasteiger partial charge in [0.15, 0.2) is 0 Å². The van der Waals surface area contributed by atoms with Crippen LogP contribution >= 0.6 is 0 Å². The van der Waals surface area contributed by atoms with Crippen molar-refractivity contribution in [1.29, 1.82) is 0 Å². The minimum atomic E-state index is -2.57. The van der Waals surface area contributed by atoms with E-state index in [4.69, 9.17) is 4.74 Å². The molecule has 1 aliphatic rings. The van der Waals surface area contributed by atoms with Crippen molar-refractivity contribution in [1.82, 2.24) is 0 Å². The van der Waals surface area contributed by atoms with Gasteiger partial charge in [0, 0.05) is 12.8 Å². The average Bonchev–Trinajstić information content (AvgIpc) is 2.45. The van der Waals surface area contributed by atoms with E-state index in [2.05, 4.69) is 20.8 Å². The normalized spacial score (nSPS) is 19.0. The fraction of sp³-hybridized carbons (Fsp3) is 0.611. The molecule has 0 N–H and O–H groups in total. The molecule has 0 spiro atoms. The minimum Gasteiger partial charge on any atom is -0.465 e. The zero-order chi connectivity index (χ0) is 16.5. The van der Waals surface area contributed by atoms with Gasteiger partial charge in [0.25, 0.3) is 0 Å². The van der Waals surface area contributed by atoms with Crippen LogP contribution in [-0.4, -0.2) is 19.0 Å². The van der Waals surface area contributed by atoms with Crippen molar-refractivity contribution >= 4 is 5.97 Å². The van der Waals surface area contributed by atoms with E-state index in [1.54, 1.807) is 6.07 Å². The van der Waals surface area contributed by atoms with Crippen LogP contribution in [0.4, 0.5) is 8.78 Å². The maximum Gasteiger partial charge on any atom is 0.338 e. The first-order valence-electron chi connectivity index (χ1n) is 7.74. The fourth-order valence-electron chi connectivity index (χ4n) is 3.01. The van der Waals surface area contributed by atoms with Gasteiger partial charge >= 0.3 is 5.97 Å².